The van der Waals surface area contributed by atoms with Gasteiger partial charge in [0.2, 0.25) is 33.3 Å². The number of nitrogens with zero attached hydrogens (tertiary/aromatic N) is 2. The lowest BCUT2D eigenvalue weighted by Gasteiger charge is -2.33. The molecule has 1 aromatic carbocycles. The van der Waals surface area contributed by atoms with Gasteiger partial charge in [-0.15, -0.1) is 0 Å². The molecular formula is C41H52F3N3O9S. The molecule has 1 N–H and O–H groups in total. The van der Waals surface area contributed by atoms with E-state index in [9.17, 15) is 40.8 Å². The van der Waals surface area contributed by atoms with Gasteiger partial charge in [0.1, 0.15) is 11.9 Å². The summed E-state index contributed by atoms with van der Waals surface area (Å²) in [4.78, 5) is 62.2. The Kier molecular flexibility index (Phi) is 12.1. The van der Waals surface area contributed by atoms with Gasteiger partial charge in [-0.3, -0.25) is 23.9 Å². The zero-order chi connectivity index (χ0) is 41.5. The molecule has 312 valence electrons. The number of carbonyl (C=O) groups excluding carboxylic acids is 4. The number of allylic oxidation sites excluding steroid dienone is 2. The molecule has 1 saturated heterocycles. The quantitative estimate of drug-likeness (QED) is 0.209. The number of nitrogens with one attached hydrogen (secondary N) is 1. The summed E-state index contributed by atoms with van der Waals surface area (Å²) in [6.07, 6.45) is 1.49. The van der Waals surface area contributed by atoms with E-state index >= 15 is 0 Å². The Balaban J connectivity index is 1.34. The van der Waals surface area contributed by atoms with Crippen LogP contribution in [-0.2, 0) is 33.9 Å². The van der Waals surface area contributed by atoms with Crippen LogP contribution < -0.4 is 14.2 Å². The number of alkyl halides is 3. The van der Waals surface area contributed by atoms with E-state index in [0.29, 0.717) is 49.8 Å². The molecule has 0 bridgehead atoms. The van der Waals surface area contributed by atoms with E-state index in [1.807, 2.05) is 32.1 Å². The monoisotopic (exact) mass is 819 g/mol. The summed E-state index contributed by atoms with van der Waals surface area (Å²) < 4.78 is 86.2. The Morgan fingerprint density at radius 1 is 1.07 bits per heavy atom. The average Bonchev–Trinajstić information content (AvgIpc) is 4.05. The summed E-state index contributed by atoms with van der Waals surface area (Å²) in [5, 5.41) is 0.765. The predicted octanol–water partition coefficient (Wildman–Crippen LogP) is 6.46. The highest BCUT2D eigenvalue weighted by Gasteiger charge is 2.62. The van der Waals surface area contributed by atoms with Crippen LogP contribution in [0, 0.1) is 29.1 Å². The van der Waals surface area contributed by atoms with E-state index in [2.05, 4.69) is 9.71 Å². The van der Waals surface area contributed by atoms with Gasteiger partial charge in [0.15, 0.2) is 5.78 Å². The van der Waals surface area contributed by atoms with Crippen LogP contribution in [0.2, 0.25) is 0 Å². The molecule has 1 aromatic heterocycles. The van der Waals surface area contributed by atoms with Crippen LogP contribution in [0.5, 0.6) is 11.6 Å². The van der Waals surface area contributed by atoms with E-state index < -0.39 is 92.4 Å². The van der Waals surface area contributed by atoms with Gasteiger partial charge in [-0.2, -0.15) is 13.2 Å². The Labute approximate surface area is 331 Å². The number of hydrogen-bond acceptors (Lipinski definition) is 10. The summed E-state index contributed by atoms with van der Waals surface area (Å²) in [6.45, 7) is 7.44. The molecule has 57 heavy (non-hydrogen) atoms. The number of esters is 1. The first-order chi connectivity index (χ1) is 26.7. The molecule has 0 spiro atoms. The van der Waals surface area contributed by atoms with E-state index in [1.54, 1.807) is 31.3 Å². The Hall–Kier alpha value is -4.21. The van der Waals surface area contributed by atoms with Crippen molar-refractivity contribution in [3.05, 3.63) is 42.6 Å². The summed E-state index contributed by atoms with van der Waals surface area (Å²) in [7, 11) is -3.93. The van der Waals surface area contributed by atoms with Crippen molar-refractivity contribution >= 4 is 44.4 Å². The molecule has 7 atom stereocenters. The first-order valence-electron chi connectivity index (χ1n) is 19.8. The number of carbonyl (C=O) groups is 4. The van der Waals surface area contributed by atoms with Crippen molar-refractivity contribution in [1.82, 2.24) is 14.6 Å². The van der Waals surface area contributed by atoms with Crippen molar-refractivity contribution in [2.45, 2.75) is 122 Å². The van der Waals surface area contributed by atoms with Crippen molar-refractivity contribution in [2.24, 2.45) is 29.1 Å². The second-order valence-corrected chi connectivity index (χ2v) is 18.8. The summed E-state index contributed by atoms with van der Waals surface area (Å²) in [6, 6.07) is 6.03. The van der Waals surface area contributed by atoms with Gasteiger partial charge in [-0.05, 0) is 107 Å². The number of fused-ring (bicyclic) bond motifs is 3. The fourth-order valence-corrected chi connectivity index (χ4v) is 9.57. The van der Waals surface area contributed by atoms with E-state index in [4.69, 9.17) is 14.2 Å². The molecule has 0 radical (unpaired) electrons. The van der Waals surface area contributed by atoms with Crippen LogP contribution in [0.15, 0.2) is 42.6 Å². The van der Waals surface area contributed by atoms with Crippen molar-refractivity contribution in [1.29, 1.82) is 0 Å². The number of Topliss-reactive ketones (excluding diaryl/α,β-unsaturated/α-hetero) is 1. The summed E-state index contributed by atoms with van der Waals surface area (Å²) in [5.41, 5.74) is -4.16. The maximum absolute atomic E-state index is 14.8. The van der Waals surface area contributed by atoms with Gasteiger partial charge in [-0.1, -0.05) is 26.0 Å². The zero-order valence-electron chi connectivity index (χ0n) is 33.0. The Bertz CT molecular complexity index is 2020. The minimum absolute atomic E-state index is 0.0126. The SMILES string of the molecule is CCOc1ccc2c(O[C@@H]3C[C@H]4C(=O)C[C@]5(C(=O)NS(=O)(=O)C6CC6)C[C@H]5/C=C\CC[C@H](C)C[C@@H](C)[C@H](CC(=O)OC(C)(C)C(F)(F)F)C(=O)N4C3)nccc2c1. The molecule has 2 saturated carbocycles. The number of rotatable bonds is 10. The first kappa shape index (κ1) is 42.4. The third-order valence-electron chi connectivity index (χ3n) is 11.9. The minimum Gasteiger partial charge on any atom is -0.494 e. The predicted molar refractivity (Wildman–Crippen MR) is 203 cm³/mol. The lowest BCUT2D eigenvalue weighted by Crippen LogP contribution is -2.48. The van der Waals surface area contributed by atoms with Crippen LogP contribution in [0.4, 0.5) is 13.2 Å². The summed E-state index contributed by atoms with van der Waals surface area (Å²) >= 11 is 0. The normalized spacial score (nSPS) is 29.4. The molecular weight excluding hydrogens is 768 g/mol. The second kappa shape index (κ2) is 16.2. The number of amides is 2. The van der Waals surface area contributed by atoms with Gasteiger partial charge in [0.05, 0.1) is 42.2 Å². The number of benzene rings is 1. The number of aromatic nitrogens is 1. The molecule has 2 amide bonds. The van der Waals surface area contributed by atoms with Gasteiger partial charge < -0.3 is 19.1 Å². The van der Waals surface area contributed by atoms with E-state index in [1.165, 1.54) is 4.90 Å². The fourth-order valence-electron chi connectivity index (χ4n) is 8.19. The average molecular weight is 820 g/mol. The van der Waals surface area contributed by atoms with Crippen molar-refractivity contribution in [3.8, 4) is 11.6 Å². The number of halogens is 3. The van der Waals surface area contributed by atoms with Gasteiger partial charge >= 0.3 is 12.1 Å². The van der Waals surface area contributed by atoms with Gasteiger partial charge in [-0.25, -0.2) is 13.4 Å². The van der Waals surface area contributed by atoms with Crippen LogP contribution in [0.1, 0.15) is 92.4 Å². The topological polar surface area (TPSA) is 158 Å². The third kappa shape index (κ3) is 9.41. The van der Waals surface area contributed by atoms with E-state index in [-0.39, 0.29) is 37.6 Å². The zero-order valence-corrected chi connectivity index (χ0v) is 33.8. The van der Waals surface area contributed by atoms with Gasteiger partial charge in [0, 0.05) is 24.4 Å². The smallest absolute Gasteiger partial charge is 0.427 e. The second-order valence-electron chi connectivity index (χ2n) is 16.8. The highest BCUT2D eigenvalue weighted by atomic mass is 32.2. The molecule has 6 rings (SSSR count). The van der Waals surface area contributed by atoms with Crippen LogP contribution in [-0.4, -0.2) is 84.2 Å². The van der Waals surface area contributed by atoms with Crippen molar-refractivity contribution in [2.75, 3.05) is 13.2 Å². The highest BCUT2D eigenvalue weighted by molar-refractivity contribution is 7.90. The highest BCUT2D eigenvalue weighted by Crippen LogP contribution is 2.57. The fraction of sp³-hybridized carbons (Fsp3) is 0.634. The number of ketones is 1. The van der Waals surface area contributed by atoms with Gasteiger partial charge in [0.25, 0.3) is 0 Å². The molecule has 3 heterocycles. The first-order valence-corrected chi connectivity index (χ1v) is 21.3. The molecule has 2 aliphatic heterocycles. The molecule has 3 fully saturated rings. The number of pyridine rings is 1. The Morgan fingerprint density at radius 2 is 1.81 bits per heavy atom. The maximum Gasteiger partial charge on any atom is 0.427 e. The maximum atomic E-state index is 14.8. The molecule has 4 aliphatic rings. The lowest BCUT2D eigenvalue weighted by atomic mass is 9.82. The van der Waals surface area contributed by atoms with Crippen LogP contribution in [0.25, 0.3) is 10.8 Å². The number of sulfonamides is 1. The minimum atomic E-state index is -4.86. The third-order valence-corrected chi connectivity index (χ3v) is 13.7. The molecule has 12 nitrogen and oxygen atoms in total. The van der Waals surface area contributed by atoms with Crippen molar-refractivity contribution < 1.29 is 55.0 Å². The van der Waals surface area contributed by atoms with Crippen LogP contribution >= 0.6 is 0 Å². The molecule has 16 heteroatoms. The standard InChI is InChI=1S/C41H52F3N3O9S/c1-6-54-28-11-14-31-26(18-28)15-16-45-36(31)55-29-19-33-34(48)22-40(38(51)46-57(52,53)30-12-13-30)21-27(40)10-8-7-9-24(2)17-25(3)32(37(50)47(33)23-29)20-35(49)56-39(4,5)41(42,43)44/h8,10-11,14-16,18,24-25,27,29-30,32-33H,6-7,9,12-13,17,19-23H2,1-5H3,(H,46,51)/b10-8-/t24-,25+,27+,29+,32-,33-,40+/m0/s1. The Morgan fingerprint density at radius 3 is 2.49 bits per heavy atom. The number of ether oxygens (including phenoxy) is 3. The molecule has 0 unspecified atom stereocenters. The molecule has 2 aromatic rings. The molecule has 2 aliphatic carbocycles. The van der Waals surface area contributed by atoms with Crippen molar-refractivity contribution in [3.63, 3.8) is 0 Å². The lowest BCUT2D eigenvalue weighted by molar-refractivity contribution is -0.257. The number of hydrogen-bond donors (Lipinski definition) is 1. The van der Waals surface area contributed by atoms with E-state index in [0.717, 1.165) is 19.2 Å². The summed E-state index contributed by atoms with van der Waals surface area (Å²) in [5.74, 6) is -4.23. The largest absolute Gasteiger partial charge is 0.494 e. The van der Waals surface area contributed by atoms with Crippen LogP contribution in [0.3, 0.4) is 0 Å².